The second-order valence-electron chi connectivity index (χ2n) is 6.92. The summed E-state index contributed by atoms with van der Waals surface area (Å²) in [5.41, 5.74) is 8.36. The molecule has 3 heterocycles. The fourth-order valence-electron chi connectivity index (χ4n) is 3.46. The minimum absolute atomic E-state index is 0.242. The van der Waals surface area contributed by atoms with Crippen LogP contribution < -0.4 is 21.2 Å². The van der Waals surface area contributed by atoms with Crippen LogP contribution in [0.15, 0.2) is 78.2 Å². The fraction of sp³-hybridized carbons (Fsp3) is 0.130. The van der Waals surface area contributed by atoms with E-state index in [0.717, 1.165) is 5.56 Å². The molecule has 1 amide bonds. The number of nitrogens with zero attached hydrogens (tertiary/aromatic N) is 3. The number of pyridine rings is 2. The van der Waals surface area contributed by atoms with E-state index in [1.54, 1.807) is 29.0 Å². The molecule has 7 nitrogen and oxygen atoms in total. The summed E-state index contributed by atoms with van der Waals surface area (Å²) in [6.07, 6.45) is 4.00. The van der Waals surface area contributed by atoms with Gasteiger partial charge >= 0.3 is 0 Å². The molecule has 0 radical (unpaired) electrons. The summed E-state index contributed by atoms with van der Waals surface area (Å²) in [5, 5.41) is 3.21. The van der Waals surface area contributed by atoms with Gasteiger partial charge in [-0.05, 0) is 30.2 Å². The minimum atomic E-state index is -0.333. The molecule has 3 N–H and O–H groups in total. The Morgan fingerprint density at radius 1 is 1.20 bits per heavy atom. The Bertz CT molecular complexity index is 1310. The number of carbonyl (C=O) groups is 1. The van der Waals surface area contributed by atoms with Crippen molar-refractivity contribution in [3.63, 3.8) is 0 Å². The first kappa shape index (κ1) is 19.3. The van der Waals surface area contributed by atoms with Gasteiger partial charge in [0.1, 0.15) is 10.9 Å². The van der Waals surface area contributed by atoms with E-state index < -0.39 is 0 Å². The van der Waals surface area contributed by atoms with Crippen LogP contribution in [-0.2, 0) is 13.0 Å². The highest BCUT2D eigenvalue weighted by Crippen LogP contribution is 2.14. The summed E-state index contributed by atoms with van der Waals surface area (Å²) in [6, 6.07) is 16.7. The Balaban J connectivity index is 1.75. The van der Waals surface area contributed by atoms with E-state index in [1.165, 1.54) is 10.5 Å². The summed E-state index contributed by atoms with van der Waals surface area (Å²) in [7, 11) is 0. The van der Waals surface area contributed by atoms with Gasteiger partial charge in [0, 0.05) is 12.7 Å². The van der Waals surface area contributed by atoms with Crippen molar-refractivity contribution in [3.8, 4) is 0 Å². The van der Waals surface area contributed by atoms with Crippen LogP contribution in [0.2, 0.25) is 0 Å². The molecule has 1 aromatic carbocycles. The standard InChI is InChI=1S/C23H21N5O2/c1-2-13-28-20(24)17(22(29)25-12-11-16-8-4-3-5-9-16)15-18-21(28)26-19-10-6-7-14-27(19)23(18)30/h2-10,14-15,24H,1,11-13H2,(H,25,29)/p+1. The van der Waals surface area contributed by atoms with Crippen molar-refractivity contribution in [2.45, 2.75) is 13.0 Å². The molecule has 150 valence electrons. The third kappa shape index (κ3) is 3.53. The molecule has 0 unspecified atom stereocenters. The van der Waals surface area contributed by atoms with E-state index in [-0.39, 0.29) is 22.8 Å². The number of carbonyl (C=O) groups excluding carboxylic acids is 1. The summed E-state index contributed by atoms with van der Waals surface area (Å²) >= 11 is 0. The molecule has 30 heavy (non-hydrogen) atoms. The number of nitrogens with two attached hydrogens (primary N) is 1. The monoisotopic (exact) mass is 400 g/mol. The van der Waals surface area contributed by atoms with Gasteiger partial charge in [-0.25, -0.2) is 4.57 Å². The first-order chi connectivity index (χ1) is 14.6. The van der Waals surface area contributed by atoms with Gasteiger partial charge in [-0.15, -0.1) is 0 Å². The van der Waals surface area contributed by atoms with Crippen LogP contribution in [0.3, 0.4) is 0 Å². The van der Waals surface area contributed by atoms with Gasteiger partial charge in [0.15, 0.2) is 0 Å². The Kier molecular flexibility index (Phi) is 5.26. The number of hydrogen-bond acceptors (Lipinski definition) is 4. The van der Waals surface area contributed by atoms with Gasteiger partial charge in [-0.1, -0.05) is 54.0 Å². The lowest BCUT2D eigenvalue weighted by atomic mass is 10.1. The number of anilines is 1. The predicted octanol–water partition coefficient (Wildman–Crippen LogP) is 1.88. The Labute approximate surface area is 173 Å². The highest BCUT2D eigenvalue weighted by atomic mass is 16.1. The maximum atomic E-state index is 13.0. The van der Waals surface area contributed by atoms with Gasteiger partial charge in [0.2, 0.25) is 11.5 Å². The second-order valence-corrected chi connectivity index (χ2v) is 6.92. The largest absolute Gasteiger partial charge is 0.351 e. The fourth-order valence-corrected chi connectivity index (χ4v) is 3.46. The number of allylic oxidation sites excluding steroid dienone is 1. The SMILES string of the molecule is C=CC[n+]1c(N)c(C(=O)NCCc2ccccc2)cc2c(=O)n3ccccc3nc21. The summed E-state index contributed by atoms with van der Waals surface area (Å²) < 4.78 is 3.09. The van der Waals surface area contributed by atoms with Crippen molar-refractivity contribution in [2.75, 3.05) is 12.3 Å². The van der Waals surface area contributed by atoms with Crippen molar-refractivity contribution in [1.82, 2.24) is 14.7 Å². The van der Waals surface area contributed by atoms with E-state index in [1.807, 2.05) is 36.4 Å². The Hall–Kier alpha value is -4.00. The smallest absolute Gasteiger partial charge is 0.278 e. The molecular weight excluding hydrogens is 378 g/mol. The zero-order chi connectivity index (χ0) is 21.1. The van der Waals surface area contributed by atoms with Gasteiger partial charge in [-0.2, -0.15) is 0 Å². The Morgan fingerprint density at radius 3 is 2.73 bits per heavy atom. The van der Waals surface area contributed by atoms with E-state index in [2.05, 4.69) is 16.9 Å². The molecule has 0 aliphatic rings. The zero-order valence-corrected chi connectivity index (χ0v) is 16.4. The van der Waals surface area contributed by atoms with Gasteiger partial charge in [0.25, 0.3) is 17.1 Å². The number of benzene rings is 1. The minimum Gasteiger partial charge on any atom is -0.351 e. The lowest BCUT2D eigenvalue weighted by Crippen LogP contribution is -2.42. The summed E-state index contributed by atoms with van der Waals surface area (Å²) in [5.74, 6) is -0.0903. The predicted molar refractivity (Wildman–Crippen MR) is 116 cm³/mol. The lowest BCUT2D eigenvalue weighted by Gasteiger charge is -2.11. The molecule has 0 aliphatic carbocycles. The van der Waals surface area contributed by atoms with E-state index in [4.69, 9.17) is 5.73 Å². The van der Waals surface area contributed by atoms with Gasteiger partial charge < -0.3 is 11.1 Å². The number of hydrogen-bond donors (Lipinski definition) is 2. The van der Waals surface area contributed by atoms with Crippen LogP contribution >= 0.6 is 0 Å². The van der Waals surface area contributed by atoms with Crippen LogP contribution in [-0.4, -0.2) is 21.8 Å². The molecule has 0 fully saturated rings. The van der Waals surface area contributed by atoms with Crippen molar-refractivity contribution in [2.24, 2.45) is 0 Å². The van der Waals surface area contributed by atoms with Crippen molar-refractivity contribution in [3.05, 3.63) is 94.9 Å². The summed E-state index contributed by atoms with van der Waals surface area (Å²) in [4.78, 5) is 30.5. The highest BCUT2D eigenvalue weighted by molar-refractivity contribution is 6.00. The second kappa shape index (κ2) is 8.16. The number of amides is 1. The van der Waals surface area contributed by atoms with Crippen LogP contribution in [0.4, 0.5) is 5.82 Å². The van der Waals surface area contributed by atoms with Crippen molar-refractivity contribution >= 4 is 28.4 Å². The van der Waals surface area contributed by atoms with E-state index >= 15 is 0 Å². The van der Waals surface area contributed by atoms with Crippen LogP contribution in [0.5, 0.6) is 0 Å². The van der Waals surface area contributed by atoms with Gasteiger partial charge in [-0.3, -0.25) is 14.0 Å². The molecule has 0 saturated heterocycles. The number of aromatic nitrogens is 3. The molecule has 0 bridgehead atoms. The molecule has 0 spiro atoms. The van der Waals surface area contributed by atoms with E-state index in [0.29, 0.717) is 36.2 Å². The quantitative estimate of drug-likeness (QED) is 0.294. The molecule has 3 aromatic heterocycles. The van der Waals surface area contributed by atoms with Crippen LogP contribution in [0.25, 0.3) is 16.7 Å². The molecular formula is C23H22N5O2+. The van der Waals surface area contributed by atoms with Crippen molar-refractivity contribution in [1.29, 1.82) is 0 Å². The maximum Gasteiger partial charge on any atom is 0.278 e. The van der Waals surface area contributed by atoms with Crippen LogP contribution in [0, 0.1) is 0 Å². The molecule has 4 aromatic rings. The molecule has 0 aliphatic heterocycles. The molecule has 0 atom stereocenters. The summed E-state index contributed by atoms with van der Waals surface area (Å²) in [6.45, 7) is 4.54. The number of nitrogen functional groups attached to an aromatic ring is 1. The Morgan fingerprint density at radius 2 is 1.97 bits per heavy atom. The number of rotatable bonds is 6. The molecule has 4 rings (SSSR count). The third-order valence-electron chi connectivity index (χ3n) is 4.96. The lowest BCUT2D eigenvalue weighted by molar-refractivity contribution is -0.648. The van der Waals surface area contributed by atoms with Gasteiger partial charge in [0.05, 0.1) is 6.54 Å². The van der Waals surface area contributed by atoms with E-state index in [9.17, 15) is 9.59 Å². The zero-order valence-electron chi connectivity index (χ0n) is 16.4. The first-order valence-corrected chi connectivity index (χ1v) is 9.66. The average Bonchev–Trinajstić information content (AvgIpc) is 2.77. The number of fused-ring (bicyclic) bond motifs is 2. The maximum absolute atomic E-state index is 13.0. The van der Waals surface area contributed by atoms with Crippen molar-refractivity contribution < 1.29 is 9.36 Å². The average molecular weight is 400 g/mol. The highest BCUT2D eigenvalue weighted by Gasteiger charge is 2.23. The number of nitrogens with one attached hydrogen (secondary N) is 1. The topological polar surface area (TPSA) is 93.4 Å². The molecule has 0 saturated carbocycles. The third-order valence-corrected chi connectivity index (χ3v) is 4.96. The van der Waals surface area contributed by atoms with Crippen LogP contribution in [0.1, 0.15) is 15.9 Å². The normalized spacial score (nSPS) is 10.9. The first-order valence-electron chi connectivity index (χ1n) is 9.66. The molecule has 7 heteroatoms.